The molecule has 1 aliphatic rings. The lowest BCUT2D eigenvalue weighted by Crippen LogP contribution is -2.28. The molecule has 0 aromatic carbocycles. The summed E-state index contributed by atoms with van der Waals surface area (Å²) in [6, 6.07) is -0.0221. The smallest absolute Gasteiger partial charge is 0.307 e. The zero-order valence-corrected chi connectivity index (χ0v) is 9.71. The second kappa shape index (κ2) is 6.83. The standard InChI is InChI=1S/C12H23NO2/c1-2-6-10(13)9-12(14)15-11-7-4-3-5-8-11/h10-11H,2-9,13H2,1H3. The third-order valence-electron chi connectivity index (χ3n) is 2.94. The Hall–Kier alpha value is -0.570. The fourth-order valence-corrected chi connectivity index (χ4v) is 2.10. The Balaban J connectivity index is 2.16. The van der Waals surface area contributed by atoms with Crippen LogP contribution in [0.2, 0.25) is 0 Å². The Morgan fingerprint density at radius 2 is 2.07 bits per heavy atom. The summed E-state index contributed by atoms with van der Waals surface area (Å²) in [4.78, 5) is 11.5. The molecule has 1 rings (SSSR count). The van der Waals surface area contributed by atoms with Gasteiger partial charge in [0.25, 0.3) is 0 Å². The van der Waals surface area contributed by atoms with Crippen LogP contribution in [0.15, 0.2) is 0 Å². The van der Waals surface area contributed by atoms with E-state index < -0.39 is 0 Å². The molecule has 1 fully saturated rings. The van der Waals surface area contributed by atoms with Gasteiger partial charge in [-0.2, -0.15) is 0 Å². The summed E-state index contributed by atoms with van der Waals surface area (Å²) in [5.74, 6) is -0.108. The molecule has 0 bridgehead atoms. The number of carbonyl (C=O) groups is 1. The van der Waals surface area contributed by atoms with E-state index >= 15 is 0 Å². The third-order valence-corrected chi connectivity index (χ3v) is 2.94. The maximum absolute atomic E-state index is 11.5. The molecule has 0 heterocycles. The van der Waals surface area contributed by atoms with E-state index in [9.17, 15) is 4.79 Å². The van der Waals surface area contributed by atoms with Crippen LogP contribution in [-0.4, -0.2) is 18.1 Å². The normalized spacial score (nSPS) is 19.9. The van der Waals surface area contributed by atoms with Crippen molar-refractivity contribution < 1.29 is 9.53 Å². The number of carbonyl (C=O) groups excluding carboxylic acids is 1. The molecular weight excluding hydrogens is 190 g/mol. The van der Waals surface area contributed by atoms with E-state index in [0.717, 1.165) is 25.7 Å². The molecule has 1 atom stereocenters. The lowest BCUT2D eigenvalue weighted by molar-refractivity contribution is -0.150. The first kappa shape index (κ1) is 12.5. The van der Waals surface area contributed by atoms with Crippen LogP contribution in [0.1, 0.15) is 58.3 Å². The molecule has 2 N–H and O–H groups in total. The summed E-state index contributed by atoms with van der Waals surface area (Å²) in [6.45, 7) is 2.08. The van der Waals surface area contributed by atoms with Gasteiger partial charge in [0.05, 0.1) is 6.42 Å². The average molecular weight is 213 g/mol. The van der Waals surface area contributed by atoms with Gasteiger partial charge in [-0.3, -0.25) is 4.79 Å². The highest BCUT2D eigenvalue weighted by Crippen LogP contribution is 2.20. The van der Waals surface area contributed by atoms with Crippen molar-refractivity contribution in [1.29, 1.82) is 0 Å². The number of hydrogen-bond acceptors (Lipinski definition) is 3. The molecule has 1 saturated carbocycles. The summed E-state index contributed by atoms with van der Waals surface area (Å²) in [7, 11) is 0. The Labute approximate surface area is 92.4 Å². The fraction of sp³-hybridized carbons (Fsp3) is 0.917. The Morgan fingerprint density at radius 1 is 1.40 bits per heavy atom. The zero-order chi connectivity index (χ0) is 11.1. The van der Waals surface area contributed by atoms with Crippen molar-refractivity contribution in [2.75, 3.05) is 0 Å². The SMILES string of the molecule is CCCC(N)CC(=O)OC1CCCCC1. The largest absolute Gasteiger partial charge is 0.462 e. The van der Waals surface area contributed by atoms with E-state index in [4.69, 9.17) is 10.5 Å². The highest BCUT2D eigenvalue weighted by Gasteiger charge is 2.18. The van der Waals surface area contributed by atoms with Crippen LogP contribution in [0.25, 0.3) is 0 Å². The molecule has 3 nitrogen and oxygen atoms in total. The van der Waals surface area contributed by atoms with Crippen LogP contribution in [0.3, 0.4) is 0 Å². The summed E-state index contributed by atoms with van der Waals surface area (Å²) < 4.78 is 5.39. The quantitative estimate of drug-likeness (QED) is 0.713. The van der Waals surface area contributed by atoms with E-state index in [1.807, 2.05) is 0 Å². The molecule has 0 aliphatic heterocycles. The van der Waals surface area contributed by atoms with Crippen LogP contribution >= 0.6 is 0 Å². The molecule has 3 heteroatoms. The lowest BCUT2D eigenvalue weighted by Gasteiger charge is -2.22. The predicted molar refractivity (Wildman–Crippen MR) is 60.5 cm³/mol. The molecule has 0 spiro atoms. The maximum Gasteiger partial charge on any atom is 0.307 e. The van der Waals surface area contributed by atoms with Gasteiger partial charge in [-0.25, -0.2) is 0 Å². The average Bonchev–Trinajstić information content (AvgIpc) is 2.19. The molecule has 15 heavy (non-hydrogen) atoms. The van der Waals surface area contributed by atoms with Gasteiger partial charge in [-0.1, -0.05) is 19.8 Å². The molecule has 1 unspecified atom stereocenters. The van der Waals surface area contributed by atoms with Crippen molar-refractivity contribution in [3.05, 3.63) is 0 Å². The minimum atomic E-state index is -0.108. The molecular formula is C12H23NO2. The van der Waals surface area contributed by atoms with E-state index in [2.05, 4.69) is 6.92 Å². The molecule has 1 aliphatic carbocycles. The van der Waals surface area contributed by atoms with Gasteiger partial charge in [-0.05, 0) is 32.1 Å². The number of esters is 1. The molecule has 0 saturated heterocycles. The van der Waals surface area contributed by atoms with E-state index in [1.54, 1.807) is 0 Å². The van der Waals surface area contributed by atoms with Gasteiger partial charge in [-0.15, -0.1) is 0 Å². The molecule has 0 aromatic rings. The van der Waals surface area contributed by atoms with E-state index in [1.165, 1.54) is 19.3 Å². The maximum atomic E-state index is 11.5. The monoisotopic (exact) mass is 213 g/mol. The third kappa shape index (κ3) is 5.17. The minimum Gasteiger partial charge on any atom is -0.462 e. The summed E-state index contributed by atoms with van der Waals surface area (Å²) in [5, 5.41) is 0. The van der Waals surface area contributed by atoms with E-state index in [-0.39, 0.29) is 18.1 Å². The van der Waals surface area contributed by atoms with Crippen LogP contribution < -0.4 is 5.73 Å². The van der Waals surface area contributed by atoms with Gasteiger partial charge >= 0.3 is 5.97 Å². The lowest BCUT2D eigenvalue weighted by atomic mass is 9.98. The van der Waals surface area contributed by atoms with Gasteiger partial charge in [0.2, 0.25) is 0 Å². The Bertz CT molecular complexity index is 188. The Morgan fingerprint density at radius 3 is 2.67 bits per heavy atom. The molecule has 0 amide bonds. The van der Waals surface area contributed by atoms with Crippen LogP contribution in [0.5, 0.6) is 0 Å². The van der Waals surface area contributed by atoms with Crippen LogP contribution in [-0.2, 0) is 9.53 Å². The summed E-state index contributed by atoms with van der Waals surface area (Å²) >= 11 is 0. The number of rotatable bonds is 5. The van der Waals surface area contributed by atoms with Gasteiger partial charge in [0.15, 0.2) is 0 Å². The van der Waals surface area contributed by atoms with Crippen molar-refractivity contribution >= 4 is 5.97 Å². The topological polar surface area (TPSA) is 52.3 Å². The van der Waals surface area contributed by atoms with Crippen molar-refractivity contribution in [2.45, 2.75) is 70.4 Å². The van der Waals surface area contributed by atoms with Gasteiger partial charge in [0.1, 0.15) is 6.10 Å². The summed E-state index contributed by atoms with van der Waals surface area (Å²) in [6.07, 6.45) is 8.22. The fourth-order valence-electron chi connectivity index (χ4n) is 2.10. The van der Waals surface area contributed by atoms with Crippen molar-refractivity contribution in [2.24, 2.45) is 5.73 Å². The van der Waals surface area contributed by atoms with Gasteiger partial charge < -0.3 is 10.5 Å². The molecule has 88 valence electrons. The highest BCUT2D eigenvalue weighted by atomic mass is 16.5. The minimum absolute atomic E-state index is 0.0221. The predicted octanol–water partition coefficient (Wildman–Crippen LogP) is 2.38. The number of ether oxygens (including phenoxy) is 1. The van der Waals surface area contributed by atoms with Crippen LogP contribution in [0, 0.1) is 0 Å². The van der Waals surface area contributed by atoms with Gasteiger partial charge in [0, 0.05) is 6.04 Å². The second-order valence-electron chi connectivity index (χ2n) is 4.50. The molecule has 0 aromatic heterocycles. The van der Waals surface area contributed by atoms with Crippen molar-refractivity contribution in [3.8, 4) is 0 Å². The van der Waals surface area contributed by atoms with Crippen molar-refractivity contribution in [1.82, 2.24) is 0 Å². The van der Waals surface area contributed by atoms with Crippen molar-refractivity contribution in [3.63, 3.8) is 0 Å². The number of nitrogens with two attached hydrogens (primary N) is 1. The first-order chi connectivity index (χ1) is 7.22. The zero-order valence-electron chi connectivity index (χ0n) is 9.71. The summed E-state index contributed by atoms with van der Waals surface area (Å²) in [5.41, 5.74) is 5.79. The first-order valence-corrected chi connectivity index (χ1v) is 6.17. The van der Waals surface area contributed by atoms with E-state index in [0.29, 0.717) is 6.42 Å². The highest BCUT2D eigenvalue weighted by molar-refractivity contribution is 5.70. The van der Waals surface area contributed by atoms with Crippen LogP contribution in [0.4, 0.5) is 0 Å². The first-order valence-electron chi connectivity index (χ1n) is 6.17. The molecule has 0 radical (unpaired) electrons. The Kier molecular flexibility index (Phi) is 5.69. The number of hydrogen-bond donors (Lipinski definition) is 1. The second-order valence-corrected chi connectivity index (χ2v) is 4.50.